The summed E-state index contributed by atoms with van der Waals surface area (Å²) in [6, 6.07) is 6.64. The average Bonchev–Trinajstić information content (AvgIpc) is 2.76. The lowest BCUT2D eigenvalue weighted by atomic mass is 10.2. The van der Waals surface area contributed by atoms with E-state index in [9.17, 15) is 0 Å². The number of tetrazole rings is 1. The van der Waals surface area contributed by atoms with Crippen LogP contribution in [0.5, 0.6) is 5.75 Å². The Morgan fingerprint density at radius 1 is 1.31 bits per heavy atom. The molecule has 1 heterocycles. The number of phenols is 1. The first kappa shape index (κ1) is 10.9. The van der Waals surface area contributed by atoms with Gasteiger partial charge in [-0.05, 0) is 33.4 Å². The second-order valence-electron chi connectivity index (χ2n) is 2.96. The van der Waals surface area contributed by atoms with Crippen LogP contribution in [0.25, 0.3) is 11.4 Å². The number of halogens is 1. The van der Waals surface area contributed by atoms with Crippen LogP contribution in [0, 0.1) is 9.85 Å². The Balaban J connectivity index is 2.23. The van der Waals surface area contributed by atoms with Crippen LogP contribution >= 0.6 is 22.6 Å². The van der Waals surface area contributed by atoms with E-state index in [1.165, 1.54) is 4.80 Å². The van der Waals surface area contributed by atoms with Gasteiger partial charge in [-0.25, -0.2) is 0 Å². The van der Waals surface area contributed by atoms with Gasteiger partial charge in [-0.1, -0.05) is 5.92 Å². The summed E-state index contributed by atoms with van der Waals surface area (Å²) in [6.07, 6.45) is 0. The number of aromatic hydroxyl groups is 1. The summed E-state index contributed by atoms with van der Waals surface area (Å²) >= 11 is 1.96. The lowest BCUT2D eigenvalue weighted by Crippen LogP contribution is -2.00. The van der Waals surface area contributed by atoms with Gasteiger partial charge in [0, 0.05) is 28.2 Å². The van der Waals surface area contributed by atoms with E-state index in [0.717, 1.165) is 5.56 Å². The van der Waals surface area contributed by atoms with Crippen LogP contribution in [0.3, 0.4) is 0 Å². The van der Waals surface area contributed by atoms with E-state index in [1.54, 1.807) is 24.3 Å². The van der Waals surface area contributed by atoms with Gasteiger partial charge in [0.15, 0.2) is 0 Å². The van der Waals surface area contributed by atoms with Gasteiger partial charge in [0.2, 0.25) is 5.82 Å². The van der Waals surface area contributed by atoms with Crippen molar-refractivity contribution in [1.29, 1.82) is 0 Å². The normalized spacial score (nSPS) is 9.56. The third kappa shape index (κ3) is 2.49. The molecule has 5 nitrogen and oxygen atoms in total. The standard InChI is InChI=1S/C10H7IN4O/c11-6-1-7-15-13-10(12-14-15)8-2-4-9(16)5-3-8/h2-5,16H,7H2. The molecule has 1 aromatic carbocycles. The summed E-state index contributed by atoms with van der Waals surface area (Å²) in [6.45, 7) is 0.425. The van der Waals surface area contributed by atoms with E-state index >= 15 is 0 Å². The number of hydrogen-bond donors (Lipinski definition) is 1. The minimum atomic E-state index is 0.215. The van der Waals surface area contributed by atoms with Crippen molar-refractivity contribution in [3.05, 3.63) is 24.3 Å². The molecule has 80 valence electrons. The van der Waals surface area contributed by atoms with Crippen molar-refractivity contribution in [3.8, 4) is 27.0 Å². The van der Waals surface area contributed by atoms with Crippen LogP contribution in [0.2, 0.25) is 0 Å². The number of aromatic nitrogens is 4. The highest BCUT2D eigenvalue weighted by Crippen LogP contribution is 2.17. The molecular weight excluding hydrogens is 319 g/mol. The first-order valence-electron chi connectivity index (χ1n) is 4.45. The van der Waals surface area contributed by atoms with Crippen molar-refractivity contribution in [1.82, 2.24) is 20.2 Å². The third-order valence-corrected chi connectivity index (χ3v) is 2.25. The van der Waals surface area contributed by atoms with Gasteiger partial charge < -0.3 is 5.11 Å². The maximum absolute atomic E-state index is 9.14. The van der Waals surface area contributed by atoms with Gasteiger partial charge in [-0.15, -0.1) is 10.2 Å². The van der Waals surface area contributed by atoms with Gasteiger partial charge in [0.1, 0.15) is 12.3 Å². The largest absolute Gasteiger partial charge is 0.508 e. The SMILES string of the molecule is Oc1ccc(-c2nnn(CC#CI)n2)cc1. The Bertz CT molecular complexity index is 538. The molecule has 0 aliphatic rings. The molecular formula is C10H7IN4O. The summed E-state index contributed by atoms with van der Waals surface area (Å²) < 4.78 is 2.73. The molecule has 16 heavy (non-hydrogen) atoms. The molecule has 0 bridgehead atoms. The van der Waals surface area contributed by atoms with Crippen molar-refractivity contribution in [3.63, 3.8) is 0 Å². The number of benzene rings is 1. The monoisotopic (exact) mass is 326 g/mol. The molecule has 1 aromatic heterocycles. The summed E-state index contributed by atoms with van der Waals surface area (Å²) in [5, 5.41) is 21.1. The molecule has 0 saturated heterocycles. The zero-order valence-corrected chi connectivity index (χ0v) is 10.3. The highest BCUT2D eigenvalue weighted by Gasteiger charge is 2.04. The maximum atomic E-state index is 9.14. The Hall–Kier alpha value is -1.62. The summed E-state index contributed by atoms with van der Waals surface area (Å²) in [5.74, 6) is 3.57. The van der Waals surface area contributed by atoms with E-state index in [2.05, 4.69) is 25.3 Å². The van der Waals surface area contributed by atoms with Gasteiger partial charge in [-0.2, -0.15) is 4.80 Å². The van der Waals surface area contributed by atoms with E-state index in [0.29, 0.717) is 12.4 Å². The van der Waals surface area contributed by atoms with Crippen LogP contribution in [0.4, 0.5) is 0 Å². The Kier molecular flexibility index (Phi) is 3.36. The van der Waals surface area contributed by atoms with Gasteiger partial charge in [0.25, 0.3) is 0 Å². The zero-order chi connectivity index (χ0) is 11.4. The van der Waals surface area contributed by atoms with Crippen molar-refractivity contribution in [2.75, 3.05) is 0 Å². The highest BCUT2D eigenvalue weighted by molar-refractivity contribution is 14.1. The smallest absolute Gasteiger partial charge is 0.204 e. The lowest BCUT2D eigenvalue weighted by Gasteiger charge is -1.94. The predicted molar refractivity (Wildman–Crippen MR) is 66.7 cm³/mol. The number of hydrogen-bond acceptors (Lipinski definition) is 4. The Morgan fingerprint density at radius 2 is 2.06 bits per heavy atom. The fourth-order valence-corrected chi connectivity index (χ4v) is 1.31. The summed E-state index contributed by atoms with van der Waals surface area (Å²) in [5.41, 5.74) is 0.812. The quantitative estimate of drug-likeness (QED) is 0.670. The minimum absolute atomic E-state index is 0.215. The molecule has 1 N–H and O–H groups in total. The Morgan fingerprint density at radius 3 is 2.75 bits per heavy atom. The fraction of sp³-hybridized carbons (Fsp3) is 0.100. The topological polar surface area (TPSA) is 63.8 Å². The predicted octanol–water partition coefficient (Wildman–Crippen LogP) is 1.44. The lowest BCUT2D eigenvalue weighted by molar-refractivity contribution is 0.475. The van der Waals surface area contributed by atoms with Gasteiger partial charge >= 0.3 is 0 Å². The second-order valence-corrected chi connectivity index (χ2v) is 3.50. The minimum Gasteiger partial charge on any atom is -0.508 e. The van der Waals surface area contributed by atoms with E-state index in [4.69, 9.17) is 5.11 Å². The van der Waals surface area contributed by atoms with Crippen molar-refractivity contribution >= 4 is 22.6 Å². The average molecular weight is 326 g/mol. The van der Waals surface area contributed by atoms with Crippen molar-refractivity contribution < 1.29 is 5.11 Å². The van der Waals surface area contributed by atoms with Crippen LogP contribution in [-0.2, 0) is 6.54 Å². The molecule has 0 unspecified atom stereocenters. The molecule has 2 aromatic rings. The molecule has 0 aliphatic carbocycles. The van der Waals surface area contributed by atoms with Gasteiger partial charge in [0.05, 0.1) is 0 Å². The maximum Gasteiger partial charge on any atom is 0.204 e. The van der Waals surface area contributed by atoms with E-state index in [1.807, 2.05) is 22.6 Å². The first-order chi connectivity index (χ1) is 7.79. The fourth-order valence-electron chi connectivity index (χ4n) is 1.14. The van der Waals surface area contributed by atoms with Crippen LogP contribution in [0.15, 0.2) is 24.3 Å². The molecule has 0 spiro atoms. The molecule has 0 radical (unpaired) electrons. The molecule has 6 heteroatoms. The first-order valence-corrected chi connectivity index (χ1v) is 5.53. The van der Waals surface area contributed by atoms with Crippen LogP contribution < -0.4 is 0 Å². The third-order valence-electron chi connectivity index (χ3n) is 1.87. The van der Waals surface area contributed by atoms with E-state index in [-0.39, 0.29) is 5.75 Å². The molecule has 0 saturated carbocycles. The van der Waals surface area contributed by atoms with Crippen LogP contribution in [0.1, 0.15) is 0 Å². The highest BCUT2D eigenvalue weighted by atomic mass is 127. The molecule has 0 amide bonds. The number of phenolic OH excluding ortho intramolecular Hbond substituents is 1. The number of nitrogens with zero attached hydrogens (tertiary/aromatic N) is 4. The van der Waals surface area contributed by atoms with Crippen LogP contribution in [-0.4, -0.2) is 25.3 Å². The second kappa shape index (κ2) is 4.94. The molecule has 0 atom stereocenters. The van der Waals surface area contributed by atoms with E-state index < -0.39 is 0 Å². The summed E-state index contributed by atoms with van der Waals surface area (Å²) in [7, 11) is 0. The van der Waals surface area contributed by atoms with Crippen molar-refractivity contribution in [2.45, 2.75) is 6.54 Å². The molecule has 0 aliphatic heterocycles. The van der Waals surface area contributed by atoms with Gasteiger partial charge in [-0.3, -0.25) is 0 Å². The number of rotatable bonds is 2. The zero-order valence-electron chi connectivity index (χ0n) is 8.13. The summed E-state index contributed by atoms with van der Waals surface area (Å²) in [4.78, 5) is 1.42. The van der Waals surface area contributed by atoms with Crippen molar-refractivity contribution in [2.24, 2.45) is 0 Å². The molecule has 0 fully saturated rings. The molecule has 2 rings (SSSR count). The Labute approximate surface area is 106 Å².